The number of likely N-dealkylation sites (tertiary alicyclic amines) is 1. The molecule has 2 aromatic rings. The Labute approximate surface area is 196 Å². The largest absolute Gasteiger partial charge is 0.328 e. The van der Waals surface area contributed by atoms with Crippen LogP contribution in [0.5, 0.6) is 0 Å². The van der Waals surface area contributed by atoms with E-state index in [1.54, 1.807) is 0 Å². The summed E-state index contributed by atoms with van der Waals surface area (Å²) in [6, 6.07) is 7.32. The summed E-state index contributed by atoms with van der Waals surface area (Å²) >= 11 is 23.4. The van der Waals surface area contributed by atoms with Crippen molar-refractivity contribution in [3.05, 3.63) is 56.5 Å². The topological polar surface area (TPSA) is 108 Å². The third kappa shape index (κ3) is 5.80. The van der Waals surface area contributed by atoms with Gasteiger partial charge in [-0.15, -0.1) is 0 Å². The smallest absolute Gasteiger partial charge is 0.308 e. The summed E-state index contributed by atoms with van der Waals surface area (Å²) in [5.74, 6) is -2.13. The molecule has 1 heterocycles. The number of hydrogen-bond donors (Lipinski definition) is 3. The van der Waals surface area contributed by atoms with E-state index in [-0.39, 0.29) is 23.0 Å². The van der Waals surface area contributed by atoms with Crippen molar-refractivity contribution >= 4 is 81.7 Å². The van der Waals surface area contributed by atoms with Gasteiger partial charge in [-0.3, -0.25) is 19.8 Å². The fourth-order valence-electron chi connectivity index (χ4n) is 2.79. The van der Waals surface area contributed by atoms with Crippen LogP contribution in [0.25, 0.3) is 0 Å². The Kier molecular flexibility index (Phi) is 7.27. The molecule has 0 radical (unpaired) electrons. The Hall–Kier alpha value is -2.52. The molecule has 31 heavy (non-hydrogen) atoms. The van der Waals surface area contributed by atoms with E-state index in [0.29, 0.717) is 21.4 Å². The number of imide groups is 2. The first kappa shape index (κ1) is 23.1. The second-order valence-corrected chi connectivity index (χ2v) is 8.17. The first-order valence-electron chi connectivity index (χ1n) is 8.77. The summed E-state index contributed by atoms with van der Waals surface area (Å²) in [4.78, 5) is 49.9. The predicted molar refractivity (Wildman–Crippen MR) is 119 cm³/mol. The highest BCUT2D eigenvalue weighted by atomic mass is 35.5. The van der Waals surface area contributed by atoms with Gasteiger partial charge in [0.1, 0.15) is 0 Å². The first-order valence-corrected chi connectivity index (χ1v) is 10.3. The van der Waals surface area contributed by atoms with E-state index in [9.17, 15) is 19.2 Å². The van der Waals surface area contributed by atoms with E-state index in [0.717, 1.165) is 4.90 Å². The highest BCUT2D eigenvalue weighted by molar-refractivity contribution is 6.42. The number of amides is 6. The van der Waals surface area contributed by atoms with Gasteiger partial charge in [-0.2, -0.15) is 0 Å². The summed E-state index contributed by atoms with van der Waals surface area (Å²) in [5.41, 5.74) is 0.658. The van der Waals surface area contributed by atoms with Gasteiger partial charge in [-0.1, -0.05) is 46.4 Å². The molecule has 0 spiro atoms. The van der Waals surface area contributed by atoms with Crippen molar-refractivity contribution < 1.29 is 19.2 Å². The lowest BCUT2D eigenvalue weighted by molar-refractivity contribution is -0.127. The molecule has 162 valence electrons. The fourth-order valence-corrected chi connectivity index (χ4v) is 3.39. The number of carbonyl (C=O) groups is 4. The van der Waals surface area contributed by atoms with Crippen molar-refractivity contribution in [2.45, 2.75) is 6.42 Å². The zero-order chi connectivity index (χ0) is 22.7. The van der Waals surface area contributed by atoms with Gasteiger partial charge in [0.2, 0.25) is 11.8 Å². The number of anilines is 2. The van der Waals surface area contributed by atoms with Gasteiger partial charge in [-0.25, -0.2) is 9.59 Å². The van der Waals surface area contributed by atoms with Gasteiger partial charge in [-0.05, 0) is 36.4 Å². The first-order chi connectivity index (χ1) is 14.6. The molecule has 1 unspecified atom stereocenters. The molecule has 12 heteroatoms. The van der Waals surface area contributed by atoms with Crippen molar-refractivity contribution in [1.82, 2.24) is 10.2 Å². The molecule has 1 saturated heterocycles. The van der Waals surface area contributed by atoms with Gasteiger partial charge in [0, 0.05) is 24.3 Å². The molecule has 0 bridgehead atoms. The van der Waals surface area contributed by atoms with E-state index in [2.05, 4.69) is 16.0 Å². The molecule has 1 fully saturated rings. The van der Waals surface area contributed by atoms with Crippen LogP contribution in [0.1, 0.15) is 6.42 Å². The summed E-state index contributed by atoms with van der Waals surface area (Å²) in [6.45, 7) is -0.183. The lowest BCUT2D eigenvalue weighted by Crippen LogP contribution is -2.40. The number of hydrogen-bond acceptors (Lipinski definition) is 4. The Morgan fingerprint density at radius 1 is 0.839 bits per heavy atom. The Morgan fingerprint density at radius 2 is 1.39 bits per heavy atom. The third-order valence-corrected chi connectivity index (χ3v) is 5.80. The van der Waals surface area contributed by atoms with Crippen molar-refractivity contribution in [3.8, 4) is 0 Å². The standard InChI is InChI=1S/C19H14Cl4N4O4/c20-12-3-1-10(6-14(12)22)24-18(30)26-17(29)9-5-16(28)27(8-9)19(31)25-11-2-4-13(21)15(23)7-11/h1-4,6-7,9H,5,8H2,(H,25,31)(H2,24,26,29,30). The second kappa shape index (κ2) is 9.74. The molecule has 1 atom stereocenters. The predicted octanol–water partition coefficient (Wildman–Crippen LogP) is 5.03. The van der Waals surface area contributed by atoms with Crippen molar-refractivity contribution in [2.24, 2.45) is 5.92 Å². The lowest BCUT2D eigenvalue weighted by atomic mass is 10.1. The van der Waals surface area contributed by atoms with Crippen LogP contribution in [-0.4, -0.2) is 35.3 Å². The normalized spacial score (nSPS) is 15.5. The molecule has 2 aromatic carbocycles. The van der Waals surface area contributed by atoms with Crippen molar-refractivity contribution in [2.75, 3.05) is 17.2 Å². The quantitative estimate of drug-likeness (QED) is 0.545. The molecular weight excluding hydrogens is 490 g/mol. The van der Waals surface area contributed by atoms with Crippen LogP contribution in [0.4, 0.5) is 21.0 Å². The lowest BCUT2D eigenvalue weighted by Gasteiger charge is -2.16. The van der Waals surface area contributed by atoms with Gasteiger partial charge < -0.3 is 10.6 Å². The molecule has 3 N–H and O–H groups in total. The van der Waals surface area contributed by atoms with Crippen LogP contribution in [0.3, 0.4) is 0 Å². The number of nitrogens with one attached hydrogen (secondary N) is 3. The van der Waals surface area contributed by atoms with Crippen LogP contribution >= 0.6 is 46.4 Å². The fraction of sp³-hybridized carbons (Fsp3) is 0.158. The van der Waals surface area contributed by atoms with Gasteiger partial charge >= 0.3 is 12.1 Å². The van der Waals surface area contributed by atoms with Crippen LogP contribution in [-0.2, 0) is 9.59 Å². The van der Waals surface area contributed by atoms with Crippen LogP contribution in [0.15, 0.2) is 36.4 Å². The molecule has 8 nitrogen and oxygen atoms in total. The average molecular weight is 504 g/mol. The minimum absolute atomic E-state index is 0.183. The van der Waals surface area contributed by atoms with Crippen LogP contribution < -0.4 is 16.0 Å². The Bertz CT molecular complexity index is 1080. The third-order valence-electron chi connectivity index (χ3n) is 4.33. The SMILES string of the molecule is O=C(NC(=O)C1CC(=O)N(C(=O)Nc2ccc(Cl)c(Cl)c2)C1)Nc1ccc(Cl)c(Cl)c1. The molecule has 0 saturated carbocycles. The van der Waals surface area contributed by atoms with Crippen molar-refractivity contribution in [1.29, 1.82) is 0 Å². The number of urea groups is 2. The number of carbonyl (C=O) groups excluding carboxylic acids is 4. The van der Waals surface area contributed by atoms with Gasteiger partial charge in [0.25, 0.3) is 0 Å². The molecule has 6 amide bonds. The molecule has 1 aliphatic heterocycles. The molecule has 1 aliphatic rings. The van der Waals surface area contributed by atoms with E-state index in [1.165, 1.54) is 36.4 Å². The highest BCUT2D eigenvalue weighted by Crippen LogP contribution is 2.27. The van der Waals surface area contributed by atoms with Crippen LogP contribution in [0.2, 0.25) is 20.1 Å². The van der Waals surface area contributed by atoms with Crippen molar-refractivity contribution in [3.63, 3.8) is 0 Å². The summed E-state index contributed by atoms with van der Waals surface area (Å²) in [7, 11) is 0. The maximum atomic E-state index is 12.4. The van der Waals surface area contributed by atoms with E-state index in [4.69, 9.17) is 46.4 Å². The zero-order valence-corrected chi connectivity index (χ0v) is 18.6. The molecule has 0 aliphatic carbocycles. The summed E-state index contributed by atoms with van der Waals surface area (Å²) in [6.07, 6.45) is -0.222. The van der Waals surface area contributed by atoms with E-state index >= 15 is 0 Å². The Balaban J connectivity index is 1.56. The van der Waals surface area contributed by atoms with E-state index < -0.39 is 29.8 Å². The van der Waals surface area contributed by atoms with Crippen LogP contribution in [0, 0.1) is 5.92 Å². The highest BCUT2D eigenvalue weighted by Gasteiger charge is 2.38. The molecule has 0 aromatic heterocycles. The Morgan fingerprint density at radius 3 is 1.94 bits per heavy atom. The molecule has 3 rings (SSSR count). The average Bonchev–Trinajstić information content (AvgIpc) is 3.09. The monoisotopic (exact) mass is 502 g/mol. The van der Waals surface area contributed by atoms with Gasteiger partial charge in [0.05, 0.1) is 26.0 Å². The zero-order valence-electron chi connectivity index (χ0n) is 15.5. The number of rotatable bonds is 3. The minimum Gasteiger partial charge on any atom is -0.308 e. The maximum Gasteiger partial charge on any atom is 0.328 e. The number of nitrogens with zero attached hydrogens (tertiary/aromatic N) is 1. The number of halogens is 4. The van der Waals surface area contributed by atoms with E-state index in [1.807, 2.05) is 0 Å². The number of benzene rings is 2. The second-order valence-electron chi connectivity index (χ2n) is 6.54. The maximum absolute atomic E-state index is 12.4. The minimum atomic E-state index is -0.883. The summed E-state index contributed by atoms with van der Waals surface area (Å²) in [5, 5.41) is 8.18. The van der Waals surface area contributed by atoms with Gasteiger partial charge in [0.15, 0.2) is 0 Å². The summed E-state index contributed by atoms with van der Waals surface area (Å²) < 4.78 is 0. The molecular formula is C19H14Cl4N4O4.